The van der Waals surface area contributed by atoms with Gasteiger partial charge < -0.3 is 0 Å². The lowest BCUT2D eigenvalue weighted by atomic mass is 9.98. The molecule has 1 aliphatic heterocycles. The number of nitrogens with zero attached hydrogens (tertiary/aromatic N) is 2. The normalized spacial score (nSPS) is 13.2. The Morgan fingerprint density at radius 3 is 2.17 bits per heavy atom. The third-order valence-corrected chi connectivity index (χ3v) is 5.73. The van der Waals surface area contributed by atoms with Crippen LogP contribution >= 0.6 is 11.6 Å². The summed E-state index contributed by atoms with van der Waals surface area (Å²) in [5.74, 6) is -0.708. The first-order valence-electron chi connectivity index (χ1n) is 9.61. The fourth-order valence-corrected chi connectivity index (χ4v) is 4.32. The van der Waals surface area contributed by atoms with Crippen LogP contribution in [0.3, 0.4) is 0 Å². The Hall–Kier alpha value is -3.50. The first-order chi connectivity index (χ1) is 14.5. The number of anilines is 1. The number of carbonyl (C=O) groups is 2. The summed E-state index contributed by atoms with van der Waals surface area (Å²) in [6.45, 7) is 3.80. The molecular formula is C25H17ClN2O2. The molecule has 4 nitrogen and oxygen atoms in total. The highest BCUT2D eigenvalue weighted by molar-refractivity contribution is 6.40. The molecule has 0 aliphatic carbocycles. The summed E-state index contributed by atoms with van der Waals surface area (Å²) >= 11 is 6.23. The highest BCUT2D eigenvalue weighted by Crippen LogP contribution is 2.40. The Morgan fingerprint density at radius 1 is 0.800 bits per heavy atom. The van der Waals surface area contributed by atoms with Crippen molar-refractivity contribution in [3.05, 3.63) is 94.0 Å². The second-order valence-electron chi connectivity index (χ2n) is 7.42. The van der Waals surface area contributed by atoms with Crippen molar-refractivity contribution in [2.75, 3.05) is 4.90 Å². The summed E-state index contributed by atoms with van der Waals surface area (Å²) in [5.41, 5.74) is 4.95. The Bertz CT molecular complexity index is 1340. The first kappa shape index (κ1) is 18.5. The van der Waals surface area contributed by atoms with Gasteiger partial charge in [0, 0.05) is 16.0 Å². The van der Waals surface area contributed by atoms with Gasteiger partial charge in [-0.25, -0.2) is 9.88 Å². The van der Waals surface area contributed by atoms with Crippen LogP contribution in [0.25, 0.3) is 22.2 Å². The van der Waals surface area contributed by atoms with Crippen molar-refractivity contribution in [3.8, 4) is 11.3 Å². The fraction of sp³-hybridized carbons (Fsp3) is 0.0800. The van der Waals surface area contributed by atoms with Gasteiger partial charge in [-0.3, -0.25) is 9.59 Å². The van der Waals surface area contributed by atoms with Gasteiger partial charge in [-0.1, -0.05) is 60.1 Å². The molecule has 0 N–H and O–H groups in total. The van der Waals surface area contributed by atoms with Gasteiger partial charge >= 0.3 is 0 Å². The van der Waals surface area contributed by atoms with Crippen LogP contribution in [0.5, 0.6) is 0 Å². The number of halogens is 1. The zero-order valence-electron chi connectivity index (χ0n) is 16.4. The highest BCUT2D eigenvalue weighted by atomic mass is 35.5. The third kappa shape index (κ3) is 2.65. The lowest BCUT2D eigenvalue weighted by molar-refractivity contribution is 0.0926. The molecule has 5 rings (SSSR count). The number of carbonyl (C=O) groups excluding carboxylic acids is 2. The number of aromatic nitrogens is 1. The minimum Gasteiger partial charge on any atom is -0.268 e. The number of benzene rings is 3. The summed E-state index contributed by atoms with van der Waals surface area (Å²) in [4.78, 5) is 33.4. The SMILES string of the molecule is Cc1cccc(C)c1N1C(=O)c2c(-c3ccccc3)nc3ccc(Cl)cc3c2C1=O. The van der Waals surface area contributed by atoms with Gasteiger partial charge in [0.25, 0.3) is 11.8 Å². The second kappa shape index (κ2) is 6.78. The quantitative estimate of drug-likeness (QED) is 0.381. The van der Waals surface area contributed by atoms with Crippen molar-refractivity contribution in [2.24, 2.45) is 0 Å². The van der Waals surface area contributed by atoms with Crippen LogP contribution in [0, 0.1) is 13.8 Å². The molecule has 0 atom stereocenters. The first-order valence-corrected chi connectivity index (χ1v) is 9.99. The summed E-state index contributed by atoms with van der Waals surface area (Å²) in [6, 6.07) is 20.4. The molecule has 2 amide bonds. The summed E-state index contributed by atoms with van der Waals surface area (Å²) in [7, 11) is 0. The van der Waals surface area contributed by atoms with Crippen LogP contribution in [0.2, 0.25) is 5.02 Å². The summed E-state index contributed by atoms with van der Waals surface area (Å²) in [6.07, 6.45) is 0. The molecule has 3 aromatic carbocycles. The fourth-order valence-electron chi connectivity index (χ4n) is 4.15. The number of rotatable bonds is 2. The van der Waals surface area contributed by atoms with Crippen LogP contribution in [-0.2, 0) is 0 Å². The van der Waals surface area contributed by atoms with Crippen molar-refractivity contribution in [1.29, 1.82) is 0 Å². The number of hydrogen-bond acceptors (Lipinski definition) is 3. The van der Waals surface area contributed by atoms with E-state index in [1.165, 1.54) is 4.90 Å². The van der Waals surface area contributed by atoms with Crippen molar-refractivity contribution >= 4 is 40.0 Å². The average molecular weight is 413 g/mol. The van der Waals surface area contributed by atoms with Gasteiger partial charge in [0.2, 0.25) is 0 Å². The Kier molecular flexibility index (Phi) is 4.19. The number of hydrogen-bond donors (Lipinski definition) is 0. The second-order valence-corrected chi connectivity index (χ2v) is 7.86. The van der Waals surface area contributed by atoms with Crippen molar-refractivity contribution in [3.63, 3.8) is 0 Å². The summed E-state index contributed by atoms with van der Waals surface area (Å²) < 4.78 is 0. The molecule has 2 heterocycles. The third-order valence-electron chi connectivity index (χ3n) is 5.49. The monoisotopic (exact) mass is 412 g/mol. The number of amides is 2. The van der Waals surface area contributed by atoms with Gasteiger partial charge in [0.1, 0.15) is 0 Å². The maximum atomic E-state index is 13.7. The predicted octanol–water partition coefficient (Wildman–Crippen LogP) is 5.97. The van der Waals surface area contributed by atoms with Crippen LogP contribution < -0.4 is 4.90 Å². The van der Waals surface area contributed by atoms with Crippen molar-refractivity contribution in [2.45, 2.75) is 13.8 Å². The van der Waals surface area contributed by atoms with E-state index < -0.39 is 0 Å². The zero-order chi connectivity index (χ0) is 21.0. The predicted molar refractivity (Wildman–Crippen MR) is 119 cm³/mol. The molecule has 30 heavy (non-hydrogen) atoms. The van der Waals surface area contributed by atoms with E-state index in [1.807, 2.05) is 62.4 Å². The number of fused-ring (bicyclic) bond motifs is 3. The van der Waals surface area contributed by atoms with Crippen molar-refractivity contribution in [1.82, 2.24) is 4.98 Å². The largest absolute Gasteiger partial charge is 0.268 e. The van der Waals surface area contributed by atoms with E-state index >= 15 is 0 Å². The van der Waals surface area contributed by atoms with Gasteiger partial charge in [0.15, 0.2) is 0 Å². The number of pyridine rings is 1. The van der Waals surface area contributed by atoms with E-state index in [0.717, 1.165) is 16.7 Å². The summed E-state index contributed by atoms with van der Waals surface area (Å²) in [5, 5.41) is 1.08. The lowest BCUT2D eigenvalue weighted by Gasteiger charge is -2.19. The molecule has 146 valence electrons. The van der Waals surface area contributed by atoms with Gasteiger partial charge in [-0.15, -0.1) is 0 Å². The molecule has 0 radical (unpaired) electrons. The van der Waals surface area contributed by atoms with Gasteiger partial charge in [-0.2, -0.15) is 0 Å². The molecule has 0 unspecified atom stereocenters. The molecule has 0 fully saturated rings. The van der Waals surface area contributed by atoms with E-state index in [1.54, 1.807) is 18.2 Å². The van der Waals surface area contributed by atoms with E-state index in [4.69, 9.17) is 16.6 Å². The van der Waals surface area contributed by atoms with E-state index in [-0.39, 0.29) is 11.8 Å². The minimum absolute atomic E-state index is 0.323. The molecule has 4 aromatic rings. The maximum absolute atomic E-state index is 13.7. The molecule has 5 heteroatoms. The standard InChI is InChI=1S/C25H17ClN2O2/c1-14-7-6-8-15(2)23(14)28-24(29)20-18-13-17(26)11-12-19(18)27-22(21(20)25(28)30)16-9-4-3-5-10-16/h3-13H,1-2H3. The lowest BCUT2D eigenvalue weighted by Crippen LogP contribution is -2.30. The van der Waals surface area contributed by atoms with Crippen LogP contribution in [0.1, 0.15) is 31.8 Å². The zero-order valence-corrected chi connectivity index (χ0v) is 17.2. The van der Waals surface area contributed by atoms with Crippen LogP contribution in [0.15, 0.2) is 66.7 Å². The molecule has 0 spiro atoms. The van der Waals surface area contributed by atoms with E-state index in [9.17, 15) is 9.59 Å². The van der Waals surface area contributed by atoms with Crippen LogP contribution in [-0.4, -0.2) is 16.8 Å². The van der Waals surface area contributed by atoms with E-state index in [2.05, 4.69) is 0 Å². The van der Waals surface area contributed by atoms with Gasteiger partial charge in [0.05, 0.1) is 28.0 Å². The number of imide groups is 1. The molecule has 1 aromatic heterocycles. The Balaban J connectivity index is 1.86. The number of para-hydroxylation sites is 1. The Labute approximate surface area is 178 Å². The van der Waals surface area contributed by atoms with Gasteiger partial charge in [-0.05, 0) is 43.2 Å². The number of aryl methyl sites for hydroxylation is 2. The van der Waals surface area contributed by atoms with Crippen LogP contribution in [0.4, 0.5) is 5.69 Å². The topological polar surface area (TPSA) is 50.3 Å². The van der Waals surface area contributed by atoms with E-state index in [0.29, 0.717) is 38.4 Å². The smallest absolute Gasteiger partial charge is 0.268 e. The maximum Gasteiger partial charge on any atom is 0.268 e. The molecular weight excluding hydrogens is 396 g/mol. The van der Waals surface area contributed by atoms with Crippen molar-refractivity contribution < 1.29 is 9.59 Å². The minimum atomic E-state index is -0.361. The molecule has 0 bridgehead atoms. The molecule has 0 saturated heterocycles. The molecule has 1 aliphatic rings. The Morgan fingerprint density at radius 2 is 1.47 bits per heavy atom. The molecule has 0 saturated carbocycles. The average Bonchev–Trinajstić information content (AvgIpc) is 3.00. The highest BCUT2D eigenvalue weighted by Gasteiger charge is 2.42.